The molecule has 1 unspecified atom stereocenters. The van der Waals surface area contributed by atoms with Crippen LogP contribution in [0.2, 0.25) is 0 Å². The highest BCUT2D eigenvalue weighted by Gasteiger charge is 2.16. The predicted molar refractivity (Wildman–Crippen MR) is 88.5 cm³/mol. The van der Waals surface area contributed by atoms with E-state index in [0.717, 1.165) is 18.0 Å². The molecule has 21 heavy (non-hydrogen) atoms. The highest BCUT2D eigenvalue weighted by molar-refractivity contribution is 7.10. The van der Waals surface area contributed by atoms with Gasteiger partial charge < -0.3 is 5.11 Å². The highest BCUT2D eigenvalue weighted by Crippen LogP contribution is 2.24. The van der Waals surface area contributed by atoms with E-state index in [1.54, 1.807) is 17.4 Å². The van der Waals surface area contributed by atoms with E-state index in [1.165, 1.54) is 56.1 Å². The van der Waals surface area contributed by atoms with Crippen LogP contribution in [0.3, 0.4) is 0 Å². The van der Waals surface area contributed by atoms with Gasteiger partial charge in [0.2, 0.25) is 0 Å². The van der Waals surface area contributed by atoms with Crippen molar-refractivity contribution >= 4 is 23.4 Å². The average molecular weight is 307 g/mol. The summed E-state index contributed by atoms with van der Waals surface area (Å²) >= 11 is 1.73. The maximum atomic E-state index is 10.5. The van der Waals surface area contributed by atoms with Crippen molar-refractivity contribution in [1.29, 1.82) is 0 Å². The fourth-order valence-corrected chi connectivity index (χ4v) is 3.93. The Kier molecular flexibility index (Phi) is 6.46. The molecule has 2 rings (SSSR count). The largest absolute Gasteiger partial charge is 0.478 e. The first-order valence-corrected chi connectivity index (χ1v) is 8.76. The molecule has 0 aliphatic carbocycles. The summed E-state index contributed by atoms with van der Waals surface area (Å²) in [5.74, 6) is 0.0228. The predicted octanol–water partition coefficient (Wildman–Crippen LogP) is 4.25. The molecule has 1 aromatic heterocycles. The number of aliphatic carboxylic acids is 1. The Balaban J connectivity index is 1.85. The lowest BCUT2D eigenvalue weighted by Crippen LogP contribution is -2.23. The first-order chi connectivity index (χ1) is 10.2. The molecule has 3 nitrogen and oxygen atoms in total. The van der Waals surface area contributed by atoms with Crippen LogP contribution < -0.4 is 0 Å². The summed E-state index contributed by atoms with van der Waals surface area (Å²) < 4.78 is 0. The molecule has 1 aliphatic heterocycles. The van der Waals surface area contributed by atoms with E-state index < -0.39 is 5.97 Å². The highest BCUT2D eigenvalue weighted by atomic mass is 32.1. The van der Waals surface area contributed by atoms with Crippen molar-refractivity contribution in [2.45, 2.75) is 45.6 Å². The van der Waals surface area contributed by atoms with E-state index in [4.69, 9.17) is 5.11 Å². The van der Waals surface area contributed by atoms with Crippen molar-refractivity contribution < 1.29 is 9.90 Å². The molecule has 1 fully saturated rings. The Morgan fingerprint density at radius 3 is 3.10 bits per heavy atom. The Bertz CT molecular complexity index is 481. The summed E-state index contributed by atoms with van der Waals surface area (Å²) in [6.45, 7) is 5.67. The van der Waals surface area contributed by atoms with Gasteiger partial charge in [-0.25, -0.2) is 4.79 Å². The minimum absolute atomic E-state index is 0.891. The number of likely N-dealkylation sites (tertiary alicyclic amines) is 1. The second-order valence-electron chi connectivity index (χ2n) is 5.88. The molecule has 0 bridgehead atoms. The minimum atomic E-state index is -0.891. The first-order valence-electron chi connectivity index (χ1n) is 7.88. The molecule has 0 aromatic carbocycles. The maximum absolute atomic E-state index is 10.5. The van der Waals surface area contributed by atoms with Crippen LogP contribution in [-0.2, 0) is 11.3 Å². The van der Waals surface area contributed by atoms with Gasteiger partial charge >= 0.3 is 5.97 Å². The van der Waals surface area contributed by atoms with E-state index in [-0.39, 0.29) is 0 Å². The van der Waals surface area contributed by atoms with Gasteiger partial charge in [-0.1, -0.05) is 19.8 Å². The third-order valence-electron chi connectivity index (χ3n) is 4.11. The van der Waals surface area contributed by atoms with E-state index in [9.17, 15) is 4.79 Å². The summed E-state index contributed by atoms with van der Waals surface area (Å²) in [6.07, 6.45) is 9.55. The van der Waals surface area contributed by atoms with E-state index >= 15 is 0 Å². The van der Waals surface area contributed by atoms with Gasteiger partial charge in [-0.3, -0.25) is 4.90 Å². The van der Waals surface area contributed by atoms with E-state index in [2.05, 4.69) is 17.9 Å². The van der Waals surface area contributed by atoms with E-state index in [0.29, 0.717) is 0 Å². The number of hydrogen-bond acceptors (Lipinski definition) is 3. The van der Waals surface area contributed by atoms with Crippen molar-refractivity contribution in [2.75, 3.05) is 13.1 Å². The van der Waals surface area contributed by atoms with Gasteiger partial charge in [-0.15, -0.1) is 11.3 Å². The summed E-state index contributed by atoms with van der Waals surface area (Å²) in [5.41, 5.74) is 0.996. The van der Waals surface area contributed by atoms with Crippen molar-refractivity contribution in [3.8, 4) is 0 Å². The number of hydrogen-bond donors (Lipinski definition) is 1. The lowest BCUT2D eigenvalue weighted by Gasteiger charge is -2.19. The summed E-state index contributed by atoms with van der Waals surface area (Å²) in [6, 6.07) is 2.11. The Morgan fingerprint density at radius 2 is 2.33 bits per heavy atom. The number of rotatable bonds is 6. The van der Waals surface area contributed by atoms with Gasteiger partial charge in [0.15, 0.2) is 0 Å². The molecule has 0 radical (unpaired) electrons. The van der Waals surface area contributed by atoms with Gasteiger partial charge in [0.1, 0.15) is 0 Å². The van der Waals surface area contributed by atoms with Gasteiger partial charge in [-0.05, 0) is 61.4 Å². The van der Waals surface area contributed by atoms with Crippen LogP contribution in [0.1, 0.15) is 49.5 Å². The topological polar surface area (TPSA) is 40.5 Å². The molecule has 0 saturated carbocycles. The number of carbonyl (C=O) groups is 1. The summed E-state index contributed by atoms with van der Waals surface area (Å²) in [7, 11) is 0. The molecule has 1 atom stereocenters. The molecule has 1 aromatic rings. The second kappa shape index (κ2) is 8.35. The molecule has 1 aliphatic rings. The molecular formula is C17H25NO2S. The number of nitrogens with zero attached hydrogens (tertiary/aromatic N) is 1. The molecule has 0 spiro atoms. The minimum Gasteiger partial charge on any atom is -0.478 e. The number of thiophene rings is 1. The first kappa shape index (κ1) is 16.2. The van der Waals surface area contributed by atoms with Crippen LogP contribution in [0.4, 0.5) is 0 Å². The molecule has 2 heterocycles. The van der Waals surface area contributed by atoms with Crippen molar-refractivity contribution in [2.24, 2.45) is 5.92 Å². The second-order valence-corrected chi connectivity index (χ2v) is 6.88. The zero-order valence-electron chi connectivity index (χ0n) is 12.8. The molecule has 1 saturated heterocycles. The molecule has 1 N–H and O–H groups in total. The number of carboxylic acid groups (broad SMARTS) is 1. The number of carboxylic acids is 1. The molecular weight excluding hydrogens is 282 g/mol. The Morgan fingerprint density at radius 1 is 1.48 bits per heavy atom. The molecule has 116 valence electrons. The third-order valence-corrected chi connectivity index (χ3v) is 5.05. The zero-order valence-corrected chi connectivity index (χ0v) is 13.6. The SMILES string of the molecule is CCCC1CCCN(Cc2cc(C=CC(=O)O)cs2)CC1. The molecule has 4 heteroatoms. The van der Waals surface area contributed by atoms with Crippen LogP contribution in [0.25, 0.3) is 6.08 Å². The Labute approximate surface area is 131 Å². The average Bonchev–Trinajstić information content (AvgIpc) is 2.78. The van der Waals surface area contributed by atoms with Crippen LogP contribution >= 0.6 is 11.3 Å². The Hall–Kier alpha value is -1.13. The maximum Gasteiger partial charge on any atom is 0.328 e. The quantitative estimate of drug-likeness (QED) is 0.799. The van der Waals surface area contributed by atoms with Crippen LogP contribution in [0.15, 0.2) is 17.5 Å². The van der Waals surface area contributed by atoms with Gasteiger partial charge in [-0.2, -0.15) is 0 Å². The third kappa shape index (κ3) is 5.64. The van der Waals surface area contributed by atoms with Gasteiger partial charge in [0.25, 0.3) is 0 Å². The van der Waals surface area contributed by atoms with Crippen LogP contribution in [-0.4, -0.2) is 29.1 Å². The zero-order chi connectivity index (χ0) is 15.1. The lowest BCUT2D eigenvalue weighted by atomic mass is 9.96. The van der Waals surface area contributed by atoms with Crippen LogP contribution in [0, 0.1) is 5.92 Å². The standard InChI is InChI=1S/C17H25NO2S/c1-2-4-14-5-3-9-18(10-8-14)12-16-11-15(13-21-16)6-7-17(19)20/h6-7,11,13-14H,2-5,8-10,12H2,1H3,(H,19,20). The van der Waals surface area contributed by atoms with Gasteiger partial charge in [0.05, 0.1) is 0 Å². The van der Waals surface area contributed by atoms with E-state index in [1.807, 2.05) is 5.38 Å². The van der Waals surface area contributed by atoms with Crippen molar-refractivity contribution in [3.63, 3.8) is 0 Å². The fourth-order valence-electron chi connectivity index (χ4n) is 3.04. The molecule has 0 amide bonds. The normalized spacial score (nSPS) is 20.7. The lowest BCUT2D eigenvalue weighted by molar-refractivity contribution is -0.131. The van der Waals surface area contributed by atoms with Gasteiger partial charge in [0, 0.05) is 17.5 Å². The summed E-state index contributed by atoms with van der Waals surface area (Å²) in [4.78, 5) is 14.4. The monoisotopic (exact) mass is 307 g/mol. The summed E-state index contributed by atoms with van der Waals surface area (Å²) in [5, 5.41) is 10.7. The van der Waals surface area contributed by atoms with Crippen molar-refractivity contribution in [3.05, 3.63) is 28.0 Å². The fraction of sp³-hybridized carbons (Fsp3) is 0.588. The smallest absolute Gasteiger partial charge is 0.328 e. The van der Waals surface area contributed by atoms with Crippen LogP contribution in [0.5, 0.6) is 0 Å². The van der Waals surface area contributed by atoms with Crippen molar-refractivity contribution in [1.82, 2.24) is 4.90 Å².